The zero-order valence-corrected chi connectivity index (χ0v) is 8.82. The normalized spacial score (nSPS) is 10.2. The van der Waals surface area contributed by atoms with Crippen molar-refractivity contribution in [2.45, 2.75) is 6.54 Å². The molecule has 3 N–H and O–H groups in total. The molecule has 1 heterocycles. The SMILES string of the molecule is Nc1nccnc1NCc1c(F)cccc1F. The molecule has 88 valence electrons. The molecule has 0 aliphatic rings. The summed E-state index contributed by atoms with van der Waals surface area (Å²) in [6, 6.07) is 3.70. The summed E-state index contributed by atoms with van der Waals surface area (Å²) in [5.41, 5.74) is 5.48. The fourth-order valence-corrected chi connectivity index (χ4v) is 1.36. The third-order valence-corrected chi connectivity index (χ3v) is 2.22. The van der Waals surface area contributed by atoms with Crippen LogP contribution in [0.15, 0.2) is 30.6 Å². The summed E-state index contributed by atoms with van der Waals surface area (Å²) in [6.45, 7) is -0.0403. The largest absolute Gasteiger partial charge is 0.381 e. The van der Waals surface area contributed by atoms with E-state index in [-0.39, 0.29) is 17.9 Å². The van der Waals surface area contributed by atoms with E-state index in [2.05, 4.69) is 15.3 Å². The number of nitrogens with one attached hydrogen (secondary N) is 1. The van der Waals surface area contributed by atoms with E-state index in [1.54, 1.807) is 0 Å². The molecule has 0 unspecified atom stereocenters. The van der Waals surface area contributed by atoms with Gasteiger partial charge < -0.3 is 11.1 Å². The van der Waals surface area contributed by atoms with Gasteiger partial charge in [-0.05, 0) is 12.1 Å². The van der Waals surface area contributed by atoms with E-state index in [9.17, 15) is 8.78 Å². The molecule has 1 aromatic heterocycles. The van der Waals surface area contributed by atoms with Crippen LogP contribution in [-0.4, -0.2) is 9.97 Å². The highest BCUT2D eigenvalue weighted by Crippen LogP contribution is 2.15. The van der Waals surface area contributed by atoms with Gasteiger partial charge in [-0.3, -0.25) is 0 Å². The lowest BCUT2D eigenvalue weighted by Gasteiger charge is -2.08. The second-order valence-corrected chi connectivity index (χ2v) is 3.34. The Hall–Kier alpha value is -2.24. The molecule has 6 heteroatoms. The van der Waals surface area contributed by atoms with Crippen LogP contribution in [0.2, 0.25) is 0 Å². The van der Waals surface area contributed by atoms with Crippen molar-refractivity contribution in [1.82, 2.24) is 9.97 Å². The number of nitrogens with two attached hydrogens (primary N) is 1. The van der Waals surface area contributed by atoms with Crippen molar-refractivity contribution in [2.24, 2.45) is 0 Å². The zero-order valence-electron chi connectivity index (χ0n) is 8.82. The molecule has 0 bridgehead atoms. The number of hydrogen-bond acceptors (Lipinski definition) is 4. The summed E-state index contributed by atoms with van der Waals surface area (Å²) in [5.74, 6) is -0.737. The van der Waals surface area contributed by atoms with Crippen LogP contribution in [0, 0.1) is 11.6 Å². The Labute approximate surface area is 96.5 Å². The van der Waals surface area contributed by atoms with Crippen molar-refractivity contribution < 1.29 is 8.78 Å². The Morgan fingerprint density at radius 1 is 1.12 bits per heavy atom. The minimum Gasteiger partial charge on any atom is -0.381 e. The molecule has 0 amide bonds. The Balaban J connectivity index is 2.16. The van der Waals surface area contributed by atoms with Gasteiger partial charge in [0.25, 0.3) is 0 Å². The van der Waals surface area contributed by atoms with Crippen LogP contribution in [0.3, 0.4) is 0 Å². The molecule has 0 atom stereocenters. The molecule has 1 aromatic carbocycles. The first-order valence-corrected chi connectivity index (χ1v) is 4.91. The van der Waals surface area contributed by atoms with E-state index in [1.807, 2.05) is 0 Å². The molecule has 0 radical (unpaired) electrons. The van der Waals surface area contributed by atoms with Crippen LogP contribution < -0.4 is 11.1 Å². The van der Waals surface area contributed by atoms with E-state index in [1.165, 1.54) is 30.6 Å². The highest BCUT2D eigenvalue weighted by Gasteiger charge is 2.09. The standard InChI is InChI=1S/C11H10F2N4/c12-8-2-1-3-9(13)7(8)6-17-11-10(14)15-4-5-16-11/h1-5H,6H2,(H2,14,15)(H,16,17). The molecule has 0 aliphatic heterocycles. The van der Waals surface area contributed by atoms with Gasteiger partial charge in [-0.25, -0.2) is 18.7 Å². The maximum atomic E-state index is 13.3. The molecule has 0 spiro atoms. The summed E-state index contributed by atoms with van der Waals surface area (Å²) in [4.78, 5) is 7.71. The molecular weight excluding hydrogens is 226 g/mol. The second-order valence-electron chi connectivity index (χ2n) is 3.34. The number of hydrogen-bond donors (Lipinski definition) is 2. The lowest BCUT2D eigenvalue weighted by atomic mass is 10.2. The topological polar surface area (TPSA) is 63.8 Å². The van der Waals surface area contributed by atoms with Crippen LogP contribution in [-0.2, 0) is 6.54 Å². The van der Waals surface area contributed by atoms with Crippen LogP contribution in [0.5, 0.6) is 0 Å². The predicted octanol–water partition coefficient (Wildman–Crippen LogP) is 1.95. The first-order valence-electron chi connectivity index (χ1n) is 4.91. The first-order chi connectivity index (χ1) is 8.18. The van der Waals surface area contributed by atoms with Gasteiger partial charge in [0, 0.05) is 24.5 Å². The summed E-state index contributed by atoms with van der Waals surface area (Å²) >= 11 is 0. The van der Waals surface area contributed by atoms with Crippen molar-refractivity contribution in [1.29, 1.82) is 0 Å². The summed E-state index contributed by atoms with van der Waals surface area (Å²) < 4.78 is 26.6. The summed E-state index contributed by atoms with van der Waals surface area (Å²) in [6.07, 6.45) is 2.88. The van der Waals surface area contributed by atoms with Crippen molar-refractivity contribution in [2.75, 3.05) is 11.1 Å². The van der Waals surface area contributed by atoms with Gasteiger partial charge in [-0.2, -0.15) is 0 Å². The fourth-order valence-electron chi connectivity index (χ4n) is 1.36. The summed E-state index contributed by atoms with van der Waals surface area (Å²) in [5, 5.41) is 2.73. The monoisotopic (exact) mass is 236 g/mol. The van der Waals surface area contributed by atoms with Gasteiger partial charge in [-0.15, -0.1) is 0 Å². The van der Waals surface area contributed by atoms with E-state index in [0.29, 0.717) is 5.82 Å². The van der Waals surface area contributed by atoms with Crippen molar-refractivity contribution >= 4 is 11.6 Å². The van der Waals surface area contributed by atoms with Gasteiger partial charge in [0.15, 0.2) is 11.6 Å². The molecule has 17 heavy (non-hydrogen) atoms. The third kappa shape index (κ3) is 2.47. The Morgan fingerprint density at radius 3 is 2.41 bits per heavy atom. The van der Waals surface area contributed by atoms with Gasteiger partial charge in [0.1, 0.15) is 11.6 Å². The van der Waals surface area contributed by atoms with Crippen molar-refractivity contribution in [3.63, 3.8) is 0 Å². The highest BCUT2D eigenvalue weighted by atomic mass is 19.1. The van der Waals surface area contributed by atoms with Gasteiger partial charge in [-0.1, -0.05) is 6.07 Å². The fraction of sp³-hybridized carbons (Fsp3) is 0.0909. The highest BCUT2D eigenvalue weighted by molar-refractivity contribution is 5.55. The number of nitrogen functional groups attached to an aromatic ring is 1. The smallest absolute Gasteiger partial charge is 0.169 e. The van der Waals surface area contributed by atoms with Gasteiger partial charge in [0.2, 0.25) is 0 Å². The Morgan fingerprint density at radius 2 is 1.76 bits per heavy atom. The van der Waals surface area contributed by atoms with Gasteiger partial charge in [0.05, 0.1) is 0 Å². The van der Waals surface area contributed by atoms with Crippen molar-refractivity contribution in [3.05, 3.63) is 47.8 Å². The van der Waals surface area contributed by atoms with Crippen molar-refractivity contribution in [3.8, 4) is 0 Å². The van der Waals surface area contributed by atoms with Crippen LogP contribution >= 0.6 is 0 Å². The average Bonchev–Trinajstić information content (AvgIpc) is 2.30. The Bertz CT molecular complexity index is 510. The molecule has 2 rings (SSSR count). The number of halogens is 2. The van der Waals surface area contributed by atoms with Gasteiger partial charge >= 0.3 is 0 Å². The third-order valence-electron chi connectivity index (χ3n) is 2.22. The van der Waals surface area contributed by atoms with E-state index >= 15 is 0 Å². The van der Waals surface area contributed by atoms with Crippen LogP contribution in [0.25, 0.3) is 0 Å². The Kier molecular flexibility index (Phi) is 3.13. The first kappa shape index (κ1) is 11.3. The minimum atomic E-state index is -0.611. The molecule has 0 saturated carbocycles. The minimum absolute atomic E-state index is 0.0403. The lowest BCUT2D eigenvalue weighted by Crippen LogP contribution is -2.08. The average molecular weight is 236 g/mol. The quantitative estimate of drug-likeness (QED) is 0.854. The number of nitrogens with zero attached hydrogens (tertiary/aromatic N) is 2. The second kappa shape index (κ2) is 4.73. The van der Waals surface area contributed by atoms with E-state index < -0.39 is 11.6 Å². The molecule has 0 fully saturated rings. The predicted molar refractivity (Wildman–Crippen MR) is 60.1 cm³/mol. The zero-order chi connectivity index (χ0) is 12.3. The maximum Gasteiger partial charge on any atom is 0.169 e. The van der Waals surface area contributed by atoms with Crippen LogP contribution in [0.1, 0.15) is 5.56 Å². The number of rotatable bonds is 3. The molecule has 4 nitrogen and oxygen atoms in total. The van der Waals surface area contributed by atoms with Crippen LogP contribution in [0.4, 0.5) is 20.4 Å². The van der Waals surface area contributed by atoms with E-state index in [0.717, 1.165) is 0 Å². The number of anilines is 2. The maximum absolute atomic E-state index is 13.3. The molecule has 0 saturated heterocycles. The molecular formula is C11H10F2N4. The lowest BCUT2D eigenvalue weighted by molar-refractivity contribution is 0.560. The summed E-state index contributed by atoms with van der Waals surface area (Å²) in [7, 11) is 0. The number of aromatic nitrogens is 2. The number of benzene rings is 1. The van der Waals surface area contributed by atoms with E-state index in [4.69, 9.17) is 5.73 Å². The molecule has 0 aliphatic carbocycles. The molecule has 2 aromatic rings.